The van der Waals surface area contributed by atoms with Crippen molar-refractivity contribution in [2.45, 2.75) is 24.2 Å². The Hall–Kier alpha value is -2.84. The molecule has 0 saturated heterocycles. The van der Waals surface area contributed by atoms with Gasteiger partial charge in [-0.25, -0.2) is 0 Å². The van der Waals surface area contributed by atoms with Crippen LogP contribution in [0.5, 0.6) is 6.01 Å². The molecule has 2 heterocycles. The molecular formula is C20H19N3O4S. The Morgan fingerprint density at radius 3 is 2.54 bits per heavy atom. The van der Waals surface area contributed by atoms with Gasteiger partial charge in [-0.1, -0.05) is 36.4 Å². The molecule has 0 amide bonds. The van der Waals surface area contributed by atoms with Crippen LogP contribution in [0.25, 0.3) is 11.1 Å². The first-order valence-corrected chi connectivity index (χ1v) is 10.0. The number of benzene rings is 2. The fourth-order valence-corrected chi connectivity index (χ4v) is 3.46. The number of fused-ring (bicyclic) bond motifs is 1. The largest absolute Gasteiger partial charge is 0.443 e. The maximum Gasteiger partial charge on any atom is 0.414 e. The van der Waals surface area contributed by atoms with Crippen molar-refractivity contribution in [3.63, 3.8) is 0 Å². The molecule has 0 saturated carbocycles. The van der Waals surface area contributed by atoms with Gasteiger partial charge < -0.3 is 19.6 Å². The number of aromatic nitrogens is 2. The number of thioether (sulfide) groups is 1. The third-order valence-corrected chi connectivity index (χ3v) is 5.32. The molecule has 1 atom stereocenters. The summed E-state index contributed by atoms with van der Waals surface area (Å²) in [5, 5.41) is 10.8. The molecule has 2 aromatic carbocycles. The smallest absolute Gasteiger partial charge is 0.414 e. The highest BCUT2D eigenvalue weighted by Crippen LogP contribution is 2.25. The molecule has 0 unspecified atom stereocenters. The SMILES string of the molecule is CSc1ccc(-c2ccc(CO[C@@H]3COc4nc([N+](=O)[O-])cn4C3)cc2)cc1. The second-order valence-corrected chi connectivity index (χ2v) is 7.34. The van der Waals surface area contributed by atoms with Crippen molar-refractivity contribution in [2.24, 2.45) is 0 Å². The highest BCUT2D eigenvalue weighted by molar-refractivity contribution is 7.98. The number of hydrogen-bond donors (Lipinski definition) is 0. The van der Waals surface area contributed by atoms with Crippen molar-refractivity contribution in [3.05, 3.63) is 70.4 Å². The maximum atomic E-state index is 10.8. The summed E-state index contributed by atoms with van der Waals surface area (Å²) in [6, 6.07) is 17.0. The molecule has 3 aromatic rings. The van der Waals surface area contributed by atoms with E-state index in [9.17, 15) is 10.1 Å². The number of hydrogen-bond acceptors (Lipinski definition) is 6. The number of nitro groups is 1. The van der Waals surface area contributed by atoms with Crippen LogP contribution in [-0.4, -0.2) is 33.4 Å². The quantitative estimate of drug-likeness (QED) is 0.353. The van der Waals surface area contributed by atoms with E-state index in [1.54, 1.807) is 16.3 Å². The van der Waals surface area contributed by atoms with E-state index in [0.717, 1.165) is 11.1 Å². The molecule has 0 aliphatic carbocycles. The molecule has 1 aliphatic rings. The van der Waals surface area contributed by atoms with Gasteiger partial charge in [-0.3, -0.25) is 4.57 Å². The van der Waals surface area contributed by atoms with Crippen LogP contribution in [-0.2, 0) is 17.9 Å². The van der Waals surface area contributed by atoms with Gasteiger partial charge in [0.25, 0.3) is 0 Å². The van der Waals surface area contributed by atoms with Crippen LogP contribution >= 0.6 is 11.8 Å². The van der Waals surface area contributed by atoms with Crippen molar-refractivity contribution in [2.75, 3.05) is 12.9 Å². The van der Waals surface area contributed by atoms with Crippen molar-refractivity contribution in [1.82, 2.24) is 9.55 Å². The molecule has 144 valence electrons. The molecule has 8 heteroatoms. The molecule has 1 aliphatic heterocycles. The zero-order valence-electron chi connectivity index (χ0n) is 15.3. The van der Waals surface area contributed by atoms with Gasteiger partial charge in [-0.05, 0) is 40.0 Å². The van der Waals surface area contributed by atoms with E-state index in [0.29, 0.717) is 19.8 Å². The van der Waals surface area contributed by atoms with Gasteiger partial charge in [-0.2, -0.15) is 0 Å². The van der Waals surface area contributed by atoms with E-state index >= 15 is 0 Å². The molecule has 1 aromatic heterocycles. The summed E-state index contributed by atoms with van der Waals surface area (Å²) in [5.74, 6) is -0.211. The summed E-state index contributed by atoms with van der Waals surface area (Å²) in [5.41, 5.74) is 3.40. The number of nitrogens with zero attached hydrogens (tertiary/aromatic N) is 3. The topological polar surface area (TPSA) is 79.4 Å². The lowest BCUT2D eigenvalue weighted by atomic mass is 10.0. The first-order chi connectivity index (χ1) is 13.6. The lowest BCUT2D eigenvalue weighted by Crippen LogP contribution is -2.32. The predicted molar refractivity (Wildman–Crippen MR) is 107 cm³/mol. The minimum atomic E-state index is -0.527. The predicted octanol–water partition coefficient (Wildman–Crippen LogP) is 4.16. The fourth-order valence-electron chi connectivity index (χ4n) is 3.05. The normalized spacial score (nSPS) is 15.7. The third-order valence-electron chi connectivity index (χ3n) is 4.58. The molecule has 28 heavy (non-hydrogen) atoms. The fraction of sp³-hybridized carbons (Fsp3) is 0.250. The van der Waals surface area contributed by atoms with E-state index in [4.69, 9.17) is 9.47 Å². The van der Waals surface area contributed by atoms with Crippen molar-refractivity contribution in [3.8, 4) is 17.1 Å². The van der Waals surface area contributed by atoms with E-state index in [2.05, 4.69) is 59.8 Å². The summed E-state index contributed by atoms with van der Waals surface area (Å²) in [4.78, 5) is 15.4. The third kappa shape index (κ3) is 4.02. The van der Waals surface area contributed by atoms with Gasteiger partial charge in [0.15, 0.2) is 0 Å². The molecule has 0 bridgehead atoms. The average Bonchev–Trinajstić information content (AvgIpc) is 3.16. The summed E-state index contributed by atoms with van der Waals surface area (Å²) in [7, 11) is 0. The van der Waals surface area contributed by atoms with Gasteiger partial charge >= 0.3 is 11.8 Å². The van der Waals surface area contributed by atoms with Gasteiger partial charge in [0.2, 0.25) is 0 Å². The first-order valence-electron chi connectivity index (χ1n) is 8.82. The molecule has 0 N–H and O–H groups in total. The number of rotatable bonds is 6. The summed E-state index contributed by atoms with van der Waals surface area (Å²) in [6.07, 6.45) is 3.26. The Balaban J connectivity index is 1.35. The maximum absolute atomic E-state index is 10.8. The number of ether oxygens (including phenoxy) is 2. The van der Waals surface area contributed by atoms with Crippen LogP contribution in [0.15, 0.2) is 59.6 Å². The minimum absolute atomic E-state index is 0.180. The van der Waals surface area contributed by atoms with Crippen molar-refractivity contribution >= 4 is 17.6 Å². The lowest BCUT2D eigenvalue weighted by molar-refractivity contribution is -0.389. The highest BCUT2D eigenvalue weighted by atomic mass is 32.2. The molecule has 7 nitrogen and oxygen atoms in total. The molecular weight excluding hydrogens is 378 g/mol. The van der Waals surface area contributed by atoms with Crippen LogP contribution < -0.4 is 4.74 Å². The van der Waals surface area contributed by atoms with Crippen LogP contribution in [0.1, 0.15) is 5.56 Å². The Morgan fingerprint density at radius 2 is 1.89 bits per heavy atom. The summed E-state index contributed by atoms with van der Waals surface area (Å²) >= 11 is 1.73. The van der Waals surface area contributed by atoms with E-state index in [-0.39, 0.29) is 17.9 Å². The Bertz CT molecular complexity index is 970. The second kappa shape index (κ2) is 8.04. The monoisotopic (exact) mass is 397 g/mol. The first kappa shape index (κ1) is 18.5. The summed E-state index contributed by atoms with van der Waals surface area (Å²) < 4.78 is 13.0. The molecule has 0 spiro atoms. The van der Waals surface area contributed by atoms with Crippen LogP contribution in [0.4, 0.5) is 5.82 Å². The second-order valence-electron chi connectivity index (χ2n) is 6.46. The summed E-state index contributed by atoms with van der Waals surface area (Å²) in [6.45, 7) is 1.26. The minimum Gasteiger partial charge on any atom is -0.443 e. The van der Waals surface area contributed by atoms with Crippen LogP contribution in [0.3, 0.4) is 0 Å². The van der Waals surface area contributed by atoms with Gasteiger partial charge in [0.1, 0.15) is 18.9 Å². The van der Waals surface area contributed by atoms with E-state index in [1.165, 1.54) is 16.7 Å². The van der Waals surface area contributed by atoms with E-state index < -0.39 is 4.92 Å². The average molecular weight is 397 g/mol. The molecule has 0 fully saturated rings. The van der Waals surface area contributed by atoms with Gasteiger partial charge in [0.05, 0.1) is 13.2 Å². The highest BCUT2D eigenvalue weighted by Gasteiger charge is 2.28. The van der Waals surface area contributed by atoms with E-state index in [1.807, 2.05) is 0 Å². The van der Waals surface area contributed by atoms with Crippen LogP contribution in [0.2, 0.25) is 0 Å². The van der Waals surface area contributed by atoms with Gasteiger partial charge in [0, 0.05) is 9.88 Å². The zero-order chi connectivity index (χ0) is 19.5. The van der Waals surface area contributed by atoms with Crippen molar-refractivity contribution < 1.29 is 14.4 Å². The van der Waals surface area contributed by atoms with Gasteiger partial charge in [-0.15, -0.1) is 11.8 Å². The lowest BCUT2D eigenvalue weighted by Gasteiger charge is -2.22. The Morgan fingerprint density at radius 1 is 1.21 bits per heavy atom. The molecule has 4 rings (SSSR count). The van der Waals surface area contributed by atoms with Crippen molar-refractivity contribution in [1.29, 1.82) is 0 Å². The standard InChI is InChI=1S/C20H19N3O4S/c1-28-18-8-6-16(7-9-18)15-4-2-14(3-5-15)12-26-17-10-22-11-19(23(24)25)21-20(22)27-13-17/h2-9,11,17H,10,12-13H2,1H3/t17-/m0/s1. The zero-order valence-corrected chi connectivity index (χ0v) is 16.1. The molecule has 0 radical (unpaired) electrons. The van der Waals surface area contributed by atoms with Crippen LogP contribution in [0, 0.1) is 10.1 Å². The Kier molecular flexibility index (Phi) is 5.31. The Labute approximate surface area is 166 Å². The number of imidazole rings is 1.